The third-order valence-corrected chi connectivity index (χ3v) is 4.47. The Hall–Kier alpha value is -2.76. The molecular formula is C17H21N3O8. The van der Waals surface area contributed by atoms with Crippen LogP contribution in [-0.2, 0) is 9.57 Å². The number of aliphatic hydroxyl groups excluding tert-OH is 1. The number of hydrogen-bond donors (Lipinski definition) is 1. The fourth-order valence-corrected chi connectivity index (χ4v) is 3.10. The highest BCUT2D eigenvalue weighted by Gasteiger charge is 2.35. The van der Waals surface area contributed by atoms with Gasteiger partial charge in [-0.2, -0.15) is 0 Å². The van der Waals surface area contributed by atoms with Crippen molar-refractivity contribution in [2.75, 3.05) is 52.6 Å². The zero-order valence-corrected chi connectivity index (χ0v) is 15.1. The number of nitrogens with zero attached hydrogens (tertiary/aromatic N) is 3. The van der Waals surface area contributed by atoms with Crippen LogP contribution in [0.4, 0.5) is 0 Å². The number of ether oxygens (including phenoxy) is 2. The van der Waals surface area contributed by atoms with E-state index in [0.29, 0.717) is 25.5 Å². The molecule has 2 aliphatic heterocycles. The Morgan fingerprint density at radius 3 is 2.64 bits per heavy atom. The van der Waals surface area contributed by atoms with E-state index in [1.165, 1.54) is 12.1 Å². The van der Waals surface area contributed by atoms with Crippen LogP contribution >= 0.6 is 0 Å². The van der Waals surface area contributed by atoms with Crippen LogP contribution in [0.15, 0.2) is 18.2 Å². The van der Waals surface area contributed by atoms with Crippen molar-refractivity contribution in [3.8, 4) is 5.75 Å². The molecule has 0 aromatic heterocycles. The fourth-order valence-electron chi connectivity index (χ4n) is 3.10. The summed E-state index contributed by atoms with van der Waals surface area (Å²) in [4.78, 5) is 42.0. The van der Waals surface area contributed by atoms with Crippen molar-refractivity contribution >= 4 is 11.8 Å². The predicted molar refractivity (Wildman–Crippen MR) is 93.5 cm³/mol. The first kappa shape index (κ1) is 20.0. The van der Waals surface area contributed by atoms with E-state index in [1.807, 2.05) is 0 Å². The van der Waals surface area contributed by atoms with Gasteiger partial charge in [-0.25, -0.2) is 0 Å². The summed E-state index contributed by atoms with van der Waals surface area (Å²) >= 11 is 0. The molecule has 0 saturated carbocycles. The van der Waals surface area contributed by atoms with Gasteiger partial charge in [0.2, 0.25) is 0 Å². The molecule has 2 aliphatic rings. The Morgan fingerprint density at radius 1 is 1.21 bits per heavy atom. The van der Waals surface area contributed by atoms with Gasteiger partial charge in [-0.1, -0.05) is 0 Å². The first-order valence-corrected chi connectivity index (χ1v) is 8.84. The first-order chi connectivity index (χ1) is 13.5. The maximum atomic E-state index is 12.4. The number of morpholine rings is 1. The van der Waals surface area contributed by atoms with E-state index < -0.39 is 29.6 Å². The van der Waals surface area contributed by atoms with E-state index >= 15 is 0 Å². The number of carbonyl (C=O) groups is 2. The summed E-state index contributed by atoms with van der Waals surface area (Å²) in [5.41, 5.74) is 0.360. The summed E-state index contributed by atoms with van der Waals surface area (Å²) in [5.74, 6) is -0.749. The number of aliphatic hydroxyl groups is 1. The van der Waals surface area contributed by atoms with Crippen LogP contribution in [0.25, 0.3) is 0 Å². The lowest BCUT2D eigenvalue weighted by Crippen LogP contribution is -2.42. The lowest BCUT2D eigenvalue weighted by molar-refractivity contribution is -0.757. The molecule has 1 saturated heterocycles. The lowest BCUT2D eigenvalue weighted by Gasteiger charge is -2.28. The number of β-amino-alcohol motifs (C(OH)–C–C–N with tert-alkyl or cyclic N) is 1. The van der Waals surface area contributed by atoms with Crippen LogP contribution in [0.2, 0.25) is 0 Å². The summed E-state index contributed by atoms with van der Waals surface area (Å²) in [6.45, 7) is 2.66. The van der Waals surface area contributed by atoms with E-state index in [9.17, 15) is 24.8 Å². The van der Waals surface area contributed by atoms with Crippen molar-refractivity contribution in [1.29, 1.82) is 0 Å². The van der Waals surface area contributed by atoms with Crippen LogP contribution in [0.1, 0.15) is 20.7 Å². The minimum atomic E-state index is -0.980. The van der Waals surface area contributed by atoms with Crippen molar-refractivity contribution in [3.05, 3.63) is 39.4 Å². The molecule has 1 unspecified atom stereocenters. The third-order valence-electron chi connectivity index (χ3n) is 4.47. The van der Waals surface area contributed by atoms with Crippen molar-refractivity contribution < 1.29 is 34.1 Å². The molecule has 0 bridgehead atoms. The van der Waals surface area contributed by atoms with Gasteiger partial charge >= 0.3 is 0 Å². The molecule has 11 nitrogen and oxygen atoms in total. The van der Waals surface area contributed by atoms with E-state index in [0.717, 1.165) is 18.0 Å². The van der Waals surface area contributed by atoms with Gasteiger partial charge < -0.3 is 19.4 Å². The van der Waals surface area contributed by atoms with E-state index in [-0.39, 0.29) is 24.3 Å². The number of hydrogen-bond acceptors (Lipinski definition) is 9. The summed E-state index contributed by atoms with van der Waals surface area (Å²) in [5, 5.41) is 19.3. The van der Waals surface area contributed by atoms with Gasteiger partial charge in [0.25, 0.3) is 16.9 Å². The normalized spacial score (nSPS) is 18.1. The van der Waals surface area contributed by atoms with Gasteiger partial charge in [0.05, 0.1) is 30.9 Å². The molecule has 2 heterocycles. The molecule has 0 radical (unpaired) electrons. The highest BCUT2D eigenvalue weighted by Crippen LogP contribution is 2.26. The summed E-state index contributed by atoms with van der Waals surface area (Å²) in [6, 6.07) is 4.45. The van der Waals surface area contributed by atoms with Crippen LogP contribution < -0.4 is 4.74 Å². The smallest absolute Gasteiger partial charge is 0.294 e. The quantitative estimate of drug-likeness (QED) is 0.336. The van der Waals surface area contributed by atoms with Gasteiger partial charge in [-0.05, 0) is 18.2 Å². The molecule has 1 aromatic carbocycles. The summed E-state index contributed by atoms with van der Waals surface area (Å²) in [7, 11) is 0. The standard InChI is InChI=1S/C17H21N3O8/c21-12(10-18-3-6-26-7-4-18)11-27-13-1-2-14-15(9-13)17(23)19(16(14)22)5-8-28-20(24)25/h1-2,9,12,21H,3-8,10-11H2. The largest absolute Gasteiger partial charge is 0.491 e. The van der Waals surface area contributed by atoms with E-state index in [2.05, 4.69) is 9.74 Å². The second-order valence-electron chi connectivity index (χ2n) is 6.40. The maximum absolute atomic E-state index is 12.4. The van der Waals surface area contributed by atoms with E-state index in [1.54, 1.807) is 6.07 Å². The Morgan fingerprint density at radius 2 is 1.93 bits per heavy atom. The van der Waals surface area contributed by atoms with Crippen LogP contribution in [0.3, 0.4) is 0 Å². The SMILES string of the molecule is O=C1c2ccc(OCC(O)CN3CCOCC3)cc2C(=O)N1CCO[N+](=O)[O-]. The minimum absolute atomic E-state index is 0.0403. The number of fused-ring (bicyclic) bond motifs is 1. The summed E-state index contributed by atoms with van der Waals surface area (Å²) < 4.78 is 10.8. The lowest BCUT2D eigenvalue weighted by atomic mass is 10.1. The molecule has 1 aromatic rings. The minimum Gasteiger partial charge on any atom is -0.491 e. The Bertz CT molecular complexity index is 750. The van der Waals surface area contributed by atoms with Gasteiger partial charge in [0.1, 0.15) is 25.1 Å². The van der Waals surface area contributed by atoms with Gasteiger partial charge in [-0.15, -0.1) is 10.1 Å². The Kier molecular flexibility index (Phi) is 6.39. The highest BCUT2D eigenvalue weighted by atomic mass is 16.9. The van der Waals surface area contributed by atoms with Crippen molar-refractivity contribution in [2.45, 2.75) is 6.10 Å². The molecule has 28 heavy (non-hydrogen) atoms. The van der Waals surface area contributed by atoms with Crippen LogP contribution in [0.5, 0.6) is 5.75 Å². The summed E-state index contributed by atoms with van der Waals surface area (Å²) in [6.07, 6.45) is -0.709. The zero-order chi connectivity index (χ0) is 20.1. The van der Waals surface area contributed by atoms with Crippen LogP contribution in [-0.4, -0.2) is 90.5 Å². The first-order valence-electron chi connectivity index (χ1n) is 8.84. The molecule has 1 N–H and O–H groups in total. The van der Waals surface area contributed by atoms with Gasteiger partial charge in [0.15, 0.2) is 0 Å². The highest BCUT2D eigenvalue weighted by molar-refractivity contribution is 6.21. The number of benzene rings is 1. The van der Waals surface area contributed by atoms with Gasteiger partial charge in [-0.3, -0.25) is 19.4 Å². The number of carbonyl (C=O) groups excluding carboxylic acids is 2. The molecule has 0 spiro atoms. The topological polar surface area (TPSA) is 132 Å². The van der Waals surface area contributed by atoms with Gasteiger partial charge in [0, 0.05) is 19.6 Å². The second kappa shape index (κ2) is 8.95. The average Bonchev–Trinajstić information content (AvgIpc) is 2.91. The average molecular weight is 395 g/mol. The number of imide groups is 1. The molecule has 1 fully saturated rings. The number of rotatable bonds is 9. The third kappa shape index (κ3) is 4.74. The van der Waals surface area contributed by atoms with Crippen LogP contribution in [0, 0.1) is 10.1 Å². The number of amides is 2. The molecule has 152 valence electrons. The zero-order valence-electron chi connectivity index (χ0n) is 15.1. The predicted octanol–water partition coefficient (Wildman–Crippen LogP) is -0.437. The Labute approximate surface area is 160 Å². The monoisotopic (exact) mass is 395 g/mol. The molecule has 2 amide bonds. The van der Waals surface area contributed by atoms with E-state index in [4.69, 9.17) is 9.47 Å². The molecular weight excluding hydrogens is 374 g/mol. The molecule has 1 atom stereocenters. The molecule has 3 rings (SSSR count). The van der Waals surface area contributed by atoms with Crippen molar-refractivity contribution in [2.24, 2.45) is 0 Å². The maximum Gasteiger partial charge on any atom is 0.294 e. The molecule has 0 aliphatic carbocycles. The second-order valence-corrected chi connectivity index (χ2v) is 6.40. The Balaban J connectivity index is 1.55. The molecule has 11 heteroatoms. The van der Waals surface area contributed by atoms with Crippen molar-refractivity contribution in [1.82, 2.24) is 9.80 Å². The van der Waals surface area contributed by atoms with Crippen molar-refractivity contribution in [3.63, 3.8) is 0 Å². The fraction of sp³-hybridized carbons (Fsp3) is 0.529.